The number of rotatable bonds is 8. The molecule has 10 nitrogen and oxygen atoms in total. The van der Waals surface area contributed by atoms with Crippen LogP contribution >= 0.6 is 0 Å². The molecule has 3 aromatic rings. The summed E-state index contributed by atoms with van der Waals surface area (Å²) in [6.07, 6.45) is -0.561. The van der Waals surface area contributed by atoms with E-state index in [0.29, 0.717) is 6.54 Å². The van der Waals surface area contributed by atoms with Crippen LogP contribution in [0.5, 0.6) is 17.4 Å². The molecule has 2 amide bonds. The van der Waals surface area contributed by atoms with Crippen molar-refractivity contribution < 1.29 is 29.3 Å². The van der Waals surface area contributed by atoms with E-state index in [-0.39, 0.29) is 41.4 Å². The number of alkyl carbamates (subject to hydrolysis) is 1. The highest BCUT2D eigenvalue weighted by molar-refractivity contribution is 6.04. The molecular weight excluding hydrogens is 452 g/mol. The molecule has 4 N–H and O–H groups in total. The zero-order valence-electron chi connectivity index (χ0n) is 20.1. The molecule has 35 heavy (non-hydrogen) atoms. The first-order valence-corrected chi connectivity index (χ1v) is 11.1. The third kappa shape index (κ3) is 7.66. The number of hydrogen-bond donors (Lipinski definition) is 4. The molecule has 0 aliphatic rings. The number of aromatic nitrogens is 2. The van der Waals surface area contributed by atoms with E-state index in [1.165, 1.54) is 28.9 Å². The van der Waals surface area contributed by atoms with Crippen molar-refractivity contribution in [2.75, 3.05) is 11.9 Å². The predicted molar refractivity (Wildman–Crippen MR) is 130 cm³/mol. The normalized spacial score (nSPS) is 12.0. The van der Waals surface area contributed by atoms with Gasteiger partial charge in [0.05, 0.1) is 18.3 Å². The zero-order valence-corrected chi connectivity index (χ0v) is 20.1. The number of ether oxygens (including phenoxy) is 2. The molecule has 1 heterocycles. The van der Waals surface area contributed by atoms with Gasteiger partial charge in [-0.3, -0.25) is 9.48 Å². The molecule has 1 aromatic heterocycles. The molecule has 0 fully saturated rings. The number of aromatic hydroxyl groups is 2. The van der Waals surface area contributed by atoms with Crippen LogP contribution in [0.4, 0.5) is 10.5 Å². The Bertz CT molecular complexity index is 1170. The van der Waals surface area contributed by atoms with Gasteiger partial charge < -0.3 is 30.3 Å². The summed E-state index contributed by atoms with van der Waals surface area (Å²) in [6.45, 7) is 7.46. The first-order valence-electron chi connectivity index (χ1n) is 11.1. The topological polar surface area (TPSA) is 135 Å². The second-order valence-corrected chi connectivity index (χ2v) is 9.02. The number of carbonyl (C=O) groups excluding carboxylic acids is 2. The van der Waals surface area contributed by atoms with Crippen molar-refractivity contribution in [1.29, 1.82) is 0 Å². The fraction of sp³-hybridized carbons (Fsp3) is 0.320. The van der Waals surface area contributed by atoms with Crippen molar-refractivity contribution in [3.63, 3.8) is 0 Å². The lowest BCUT2D eigenvalue weighted by atomic mass is 10.2. The lowest BCUT2D eigenvalue weighted by Gasteiger charge is -2.21. The lowest BCUT2D eigenvalue weighted by molar-refractivity contribution is 0.0493. The molecule has 186 valence electrons. The van der Waals surface area contributed by atoms with Crippen LogP contribution in [0.3, 0.4) is 0 Å². The van der Waals surface area contributed by atoms with Gasteiger partial charge in [0.15, 0.2) is 0 Å². The van der Waals surface area contributed by atoms with Gasteiger partial charge in [0.1, 0.15) is 29.4 Å². The maximum Gasteiger partial charge on any atom is 0.407 e. The first-order chi connectivity index (χ1) is 16.5. The summed E-state index contributed by atoms with van der Waals surface area (Å²) in [5, 5.41) is 29.4. The molecule has 0 aliphatic carbocycles. The summed E-state index contributed by atoms with van der Waals surface area (Å²) < 4.78 is 12.4. The van der Waals surface area contributed by atoms with Crippen molar-refractivity contribution in [2.45, 2.75) is 45.9 Å². The maximum absolute atomic E-state index is 13.0. The van der Waals surface area contributed by atoms with Gasteiger partial charge in [0, 0.05) is 12.1 Å². The third-order valence-electron chi connectivity index (χ3n) is 4.64. The zero-order chi connectivity index (χ0) is 25.6. The van der Waals surface area contributed by atoms with E-state index in [0.717, 1.165) is 5.56 Å². The second-order valence-electron chi connectivity index (χ2n) is 9.02. The Balaban J connectivity index is 1.75. The molecule has 10 heteroatoms. The number of phenolic OH excluding ortho intramolecular Hbond substituents is 2. The molecule has 0 bridgehead atoms. The van der Waals surface area contributed by atoms with Crippen LogP contribution in [-0.2, 0) is 11.3 Å². The lowest BCUT2D eigenvalue weighted by Crippen LogP contribution is -2.40. The summed E-state index contributed by atoms with van der Waals surface area (Å²) in [5.74, 6) is -0.664. The van der Waals surface area contributed by atoms with E-state index in [4.69, 9.17) is 9.47 Å². The number of anilines is 1. The fourth-order valence-electron chi connectivity index (χ4n) is 3.09. The minimum atomic E-state index is -0.618. The Labute approximate surface area is 203 Å². The van der Waals surface area contributed by atoms with Crippen LogP contribution < -0.4 is 15.4 Å². The number of carbonyl (C=O) groups is 2. The molecule has 0 saturated carbocycles. The summed E-state index contributed by atoms with van der Waals surface area (Å²) in [6, 6.07) is 14.4. The van der Waals surface area contributed by atoms with Gasteiger partial charge in [-0.2, -0.15) is 0 Å². The van der Waals surface area contributed by atoms with E-state index in [9.17, 15) is 19.8 Å². The molecule has 2 aromatic carbocycles. The molecule has 0 unspecified atom stereocenters. The smallest absolute Gasteiger partial charge is 0.407 e. The average Bonchev–Trinajstić information content (AvgIpc) is 3.17. The second kappa shape index (κ2) is 10.8. The largest absolute Gasteiger partial charge is 0.508 e. The van der Waals surface area contributed by atoms with Crippen molar-refractivity contribution in [3.05, 3.63) is 65.9 Å². The third-order valence-corrected chi connectivity index (χ3v) is 4.64. The number of nitrogens with zero attached hydrogens (tertiary/aromatic N) is 2. The van der Waals surface area contributed by atoms with E-state index in [1.807, 2.05) is 30.3 Å². The van der Waals surface area contributed by atoms with Gasteiger partial charge in [-0.1, -0.05) is 30.3 Å². The van der Waals surface area contributed by atoms with Gasteiger partial charge in [-0.15, -0.1) is 5.10 Å². The summed E-state index contributed by atoms with van der Waals surface area (Å²) >= 11 is 0. The summed E-state index contributed by atoms with van der Waals surface area (Å²) in [4.78, 5) is 25.0. The van der Waals surface area contributed by atoms with Gasteiger partial charge in [0.25, 0.3) is 5.91 Å². The summed E-state index contributed by atoms with van der Waals surface area (Å²) in [7, 11) is 0. The van der Waals surface area contributed by atoms with Crippen molar-refractivity contribution in [2.24, 2.45) is 0 Å². The van der Waals surface area contributed by atoms with Crippen molar-refractivity contribution in [3.8, 4) is 17.4 Å². The van der Waals surface area contributed by atoms with Crippen LogP contribution in [0.2, 0.25) is 0 Å². The van der Waals surface area contributed by atoms with Crippen LogP contribution in [0.25, 0.3) is 0 Å². The number of phenols is 2. The molecule has 1 atom stereocenters. The standard InChI is InChI=1S/C25H30N4O6/c1-16(26-24(33)35-25(2,3)4)15-34-22-13-20(29(28-22)14-17-8-6-5-7-9-17)23(32)27-19-12-18(30)10-11-21(19)31/h5-13,16,30-31H,14-15H2,1-4H3,(H,26,33)(H,27,32)/t16-/m0/s1. The van der Waals surface area contributed by atoms with E-state index >= 15 is 0 Å². The molecule has 0 radical (unpaired) electrons. The number of nitrogens with one attached hydrogen (secondary N) is 2. The van der Waals surface area contributed by atoms with Gasteiger partial charge in [-0.25, -0.2) is 4.79 Å². The molecule has 0 spiro atoms. The molecule has 3 rings (SSSR count). The highest BCUT2D eigenvalue weighted by atomic mass is 16.6. The highest BCUT2D eigenvalue weighted by Gasteiger charge is 2.20. The Hall–Kier alpha value is -4.21. The van der Waals surface area contributed by atoms with Gasteiger partial charge >= 0.3 is 6.09 Å². The monoisotopic (exact) mass is 482 g/mol. The predicted octanol–water partition coefficient (Wildman–Crippen LogP) is 3.89. The van der Waals surface area contributed by atoms with Crippen LogP contribution in [-0.4, -0.2) is 50.2 Å². The minimum Gasteiger partial charge on any atom is -0.508 e. The van der Waals surface area contributed by atoms with E-state index in [1.54, 1.807) is 27.7 Å². The van der Waals surface area contributed by atoms with Crippen LogP contribution in [0, 0.1) is 0 Å². The summed E-state index contributed by atoms with van der Waals surface area (Å²) in [5.41, 5.74) is 0.531. The Morgan fingerprint density at radius 2 is 1.80 bits per heavy atom. The van der Waals surface area contributed by atoms with Gasteiger partial charge in [-0.05, 0) is 45.4 Å². The quantitative estimate of drug-likeness (QED) is 0.283. The average molecular weight is 483 g/mol. The number of hydrogen-bond acceptors (Lipinski definition) is 7. The van der Waals surface area contributed by atoms with Crippen molar-refractivity contribution >= 4 is 17.7 Å². The van der Waals surface area contributed by atoms with Crippen LogP contribution in [0.15, 0.2) is 54.6 Å². The highest BCUT2D eigenvalue weighted by Crippen LogP contribution is 2.28. The number of amides is 2. The Kier molecular flexibility index (Phi) is 7.85. The number of benzene rings is 2. The first kappa shape index (κ1) is 25.4. The minimum absolute atomic E-state index is 0.0557. The van der Waals surface area contributed by atoms with Gasteiger partial charge in [0.2, 0.25) is 5.88 Å². The molecule has 0 aliphatic heterocycles. The molecular formula is C25H30N4O6. The van der Waals surface area contributed by atoms with Crippen LogP contribution in [0.1, 0.15) is 43.7 Å². The Morgan fingerprint density at radius 1 is 1.09 bits per heavy atom. The van der Waals surface area contributed by atoms with Crippen molar-refractivity contribution in [1.82, 2.24) is 15.1 Å². The SMILES string of the molecule is C[C@@H](COc1cc(C(=O)Nc2cc(O)ccc2O)n(Cc2ccccc2)n1)NC(=O)OC(C)(C)C. The van der Waals surface area contributed by atoms with E-state index < -0.39 is 17.6 Å². The Morgan fingerprint density at radius 3 is 2.49 bits per heavy atom. The van der Waals surface area contributed by atoms with E-state index in [2.05, 4.69) is 15.7 Å². The fourth-order valence-corrected chi connectivity index (χ4v) is 3.09. The molecule has 0 saturated heterocycles. The maximum atomic E-state index is 13.0.